The molecule has 0 saturated carbocycles. The van der Waals surface area contributed by atoms with Gasteiger partial charge < -0.3 is 0 Å². The summed E-state index contributed by atoms with van der Waals surface area (Å²) in [5, 5.41) is 0. The van der Waals surface area contributed by atoms with Crippen LogP contribution in [-0.2, 0) is 0 Å². The normalized spacial score (nSPS) is 12.9. The molecule has 0 aromatic rings. The van der Waals surface area contributed by atoms with E-state index in [0.717, 1.165) is 11.6 Å². The first-order valence-corrected chi connectivity index (χ1v) is 5.57. The van der Waals surface area contributed by atoms with Gasteiger partial charge in [-0.1, -0.05) is 44.0 Å². The second kappa shape index (κ2) is 7.48. The molecule has 0 nitrogen and oxygen atoms in total. The molecule has 0 aromatic heterocycles. The zero-order valence-electron chi connectivity index (χ0n) is 11.2. The minimum atomic E-state index is -4.51. The lowest BCUT2D eigenvalue weighted by molar-refractivity contribution is -0.0798. The Hall–Kier alpha value is -2.10. The summed E-state index contributed by atoms with van der Waals surface area (Å²) in [4.78, 5) is 0. The van der Waals surface area contributed by atoms with Crippen LogP contribution in [0.1, 0.15) is 6.92 Å². The van der Waals surface area contributed by atoms with E-state index in [9.17, 15) is 17.6 Å². The van der Waals surface area contributed by atoms with Crippen LogP contribution in [-0.4, -0.2) is 6.18 Å². The van der Waals surface area contributed by atoms with Gasteiger partial charge in [0.15, 0.2) is 0 Å². The van der Waals surface area contributed by atoms with E-state index < -0.39 is 12.0 Å². The molecule has 0 amide bonds. The Bertz CT molecular complexity index is 511. The standard InChI is InChI=1S/C16H16F4/c1-11(2)6-7-12(3)14(5)10-15(17)13(4)8-9-16(18,19)20/h6-10H,1,3-5H2,2H3/b7-6-,9-8+,15-10+. The second-order valence-electron chi connectivity index (χ2n) is 4.12. The molecule has 0 aromatic carbocycles. The Kier molecular flexibility index (Phi) is 6.69. The van der Waals surface area contributed by atoms with Gasteiger partial charge in [0.05, 0.1) is 0 Å². The molecule has 108 valence electrons. The van der Waals surface area contributed by atoms with Crippen LogP contribution in [0.25, 0.3) is 0 Å². The van der Waals surface area contributed by atoms with Crippen LogP contribution >= 0.6 is 0 Å². The monoisotopic (exact) mass is 284 g/mol. The van der Waals surface area contributed by atoms with Crippen LogP contribution in [0, 0.1) is 0 Å². The summed E-state index contributed by atoms with van der Waals surface area (Å²) in [6.45, 7) is 15.9. The first-order chi connectivity index (χ1) is 9.03. The highest BCUT2D eigenvalue weighted by Gasteiger charge is 2.22. The van der Waals surface area contributed by atoms with Gasteiger partial charge in [0.2, 0.25) is 0 Å². The van der Waals surface area contributed by atoms with Crippen molar-refractivity contribution in [2.24, 2.45) is 0 Å². The second-order valence-corrected chi connectivity index (χ2v) is 4.12. The van der Waals surface area contributed by atoms with Gasteiger partial charge >= 0.3 is 6.18 Å². The molecule has 0 radical (unpaired) electrons. The van der Waals surface area contributed by atoms with Gasteiger partial charge in [-0.15, -0.1) is 0 Å². The highest BCUT2D eigenvalue weighted by atomic mass is 19.4. The zero-order chi connectivity index (χ0) is 15.9. The minimum absolute atomic E-state index is 0.0820. The summed E-state index contributed by atoms with van der Waals surface area (Å²) in [6, 6.07) is 0. The van der Waals surface area contributed by atoms with Crippen molar-refractivity contribution in [1.82, 2.24) is 0 Å². The molecule has 0 spiro atoms. The van der Waals surface area contributed by atoms with Crippen molar-refractivity contribution in [2.45, 2.75) is 13.1 Å². The summed E-state index contributed by atoms with van der Waals surface area (Å²) in [7, 11) is 0. The van der Waals surface area contributed by atoms with Crippen molar-refractivity contribution < 1.29 is 17.6 Å². The first kappa shape index (κ1) is 17.9. The van der Waals surface area contributed by atoms with Crippen molar-refractivity contribution in [3.63, 3.8) is 0 Å². The van der Waals surface area contributed by atoms with E-state index >= 15 is 0 Å². The van der Waals surface area contributed by atoms with Crippen LogP contribution in [0.3, 0.4) is 0 Å². The van der Waals surface area contributed by atoms with Gasteiger partial charge in [0.1, 0.15) is 5.83 Å². The first-order valence-electron chi connectivity index (χ1n) is 5.57. The lowest BCUT2D eigenvalue weighted by atomic mass is 10.1. The average Bonchev–Trinajstić information content (AvgIpc) is 2.31. The fourth-order valence-corrected chi connectivity index (χ4v) is 0.963. The predicted octanol–water partition coefficient (Wildman–Crippen LogP) is 5.76. The van der Waals surface area contributed by atoms with E-state index in [1.54, 1.807) is 19.1 Å². The molecule has 0 aliphatic carbocycles. The maximum Gasteiger partial charge on any atom is 0.409 e. The Labute approximate surface area is 116 Å². The Morgan fingerprint density at radius 3 is 1.85 bits per heavy atom. The van der Waals surface area contributed by atoms with Crippen LogP contribution in [0.5, 0.6) is 0 Å². The molecule has 0 N–H and O–H groups in total. The molecule has 0 bridgehead atoms. The van der Waals surface area contributed by atoms with Crippen LogP contribution in [0.15, 0.2) is 84.8 Å². The van der Waals surface area contributed by atoms with Crippen molar-refractivity contribution >= 4 is 0 Å². The average molecular weight is 284 g/mol. The minimum Gasteiger partial charge on any atom is -0.206 e. The maximum atomic E-state index is 13.6. The van der Waals surface area contributed by atoms with Gasteiger partial charge in [-0.2, -0.15) is 13.2 Å². The van der Waals surface area contributed by atoms with E-state index in [4.69, 9.17) is 0 Å². The molecule has 0 atom stereocenters. The lowest BCUT2D eigenvalue weighted by Crippen LogP contribution is -2.00. The summed E-state index contributed by atoms with van der Waals surface area (Å²) in [5.41, 5.74) is 1.05. The Balaban J connectivity index is 4.85. The third-order valence-corrected chi connectivity index (χ3v) is 2.06. The molecule has 0 aliphatic heterocycles. The Morgan fingerprint density at radius 1 is 0.850 bits per heavy atom. The van der Waals surface area contributed by atoms with Crippen LogP contribution in [0.2, 0.25) is 0 Å². The van der Waals surface area contributed by atoms with Crippen molar-refractivity contribution in [3.05, 3.63) is 84.8 Å². The molecule has 20 heavy (non-hydrogen) atoms. The van der Waals surface area contributed by atoms with Crippen molar-refractivity contribution in [2.75, 3.05) is 0 Å². The number of hydrogen-bond donors (Lipinski definition) is 0. The van der Waals surface area contributed by atoms with E-state index in [1.165, 1.54) is 0 Å². The number of rotatable bonds is 6. The van der Waals surface area contributed by atoms with Gasteiger partial charge in [0, 0.05) is 11.6 Å². The molecule has 0 heterocycles. The molecular formula is C16H16F4. The maximum absolute atomic E-state index is 13.6. The van der Waals surface area contributed by atoms with Gasteiger partial charge in [-0.3, -0.25) is 0 Å². The topological polar surface area (TPSA) is 0 Å². The summed E-state index contributed by atoms with van der Waals surface area (Å²) in [5.74, 6) is -0.902. The van der Waals surface area contributed by atoms with Crippen molar-refractivity contribution in [1.29, 1.82) is 0 Å². The summed E-state index contributed by atoms with van der Waals surface area (Å²) in [6.07, 6.45) is 0.204. The van der Waals surface area contributed by atoms with Gasteiger partial charge in [0.25, 0.3) is 0 Å². The lowest BCUT2D eigenvalue weighted by Gasteiger charge is -2.02. The summed E-state index contributed by atoms with van der Waals surface area (Å²) >= 11 is 0. The highest BCUT2D eigenvalue weighted by molar-refractivity contribution is 5.48. The van der Waals surface area contributed by atoms with E-state index in [-0.39, 0.29) is 17.2 Å². The number of alkyl halides is 3. The largest absolute Gasteiger partial charge is 0.409 e. The smallest absolute Gasteiger partial charge is 0.206 e. The molecule has 0 fully saturated rings. The van der Waals surface area contributed by atoms with Crippen LogP contribution in [0.4, 0.5) is 17.6 Å². The number of halogens is 4. The van der Waals surface area contributed by atoms with Gasteiger partial charge in [-0.25, -0.2) is 4.39 Å². The fourth-order valence-electron chi connectivity index (χ4n) is 0.963. The van der Waals surface area contributed by atoms with Gasteiger partial charge in [-0.05, 0) is 30.2 Å². The highest BCUT2D eigenvalue weighted by Crippen LogP contribution is 2.21. The Morgan fingerprint density at radius 2 is 1.40 bits per heavy atom. The van der Waals surface area contributed by atoms with E-state index in [2.05, 4.69) is 26.3 Å². The quantitative estimate of drug-likeness (QED) is 0.429. The fraction of sp³-hybridized carbons (Fsp3) is 0.125. The molecule has 0 saturated heterocycles. The zero-order valence-corrected chi connectivity index (χ0v) is 11.2. The molecule has 0 aliphatic rings. The summed E-state index contributed by atoms with van der Waals surface area (Å²) < 4.78 is 49.4. The predicted molar refractivity (Wildman–Crippen MR) is 75.8 cm³/mol. The van der Waals surface area contributed by atoms with Crippen LogP contribution < -0.4 is 0 Å². The molecular weight excluding hydrogens is 268 g/mol. The molecule has 0 unspecified atom stereocenters. The third kappa shape index (κ3) is 8.08. The van der Waals surface area contributed by atoms with E-state index in [1.807, 2.05) is 0 Å². The van der Waals surface area contributed by atoms with Crippen molar-refractivity contribution in [3.8, 4) is 0 Å². The SMILES string of the molecule is C=C(C)/C=C\C(=C)C(=C)/C=C(/F)C(=C)/C=C/C(F)(F)F. The number of allylic oxidation sites excluding steroid dienone is 10. The third-order valence-electron chi connectivity index (χ3n) is 2.06. The molecule has 4 heteroatoms. The van der Waals surface area contributed by atoms with E-state index in [0.29, 0.717) is 11.6 Å². The molecule has 0 rings (SSSR count). The number of hydrogen-bond acceptors (Lipinski definition) is 0.